The van der Waals surface area contributed by atoms with Crippen molar-refractivity contribution in [1.29, 1.82) is 0 Å². The average Bonchev–Trinajstić information content (AvgIpc) is 2.94. The van der Waals surface area contributed by atoms with E-state index in [0.29, 0.717) is 5.69 Å². The zero-order valence-electron chi connectivity index (χ0n) is 16.1. The normalized spacial score (nSPS) is 12.0. The summed E-state index contributed by atoms with van der Waals surface area (Å²) in [7, 11) is 0. The Morgan fingerprint density at radius 3 is 2.52 bits per heavy atom. The fraction of sp³-hybridized carbons (Fsp3) is 0.273. The van der Waals surface area contributed by atoms with Gasteiger partial charge in [0.2, 0.25) is 0 Å². The third kappa shape index (κ3) is 3.87. The summed E-state index contributed by atoms with van der Waals surface area (Å²) in [6, 6.07) is 14.1. The second kappa shape index (κ2) is 7.66. The molecule has 0 saturated heterocycles. The number of carbonyl (C=O) groups excluding carboxylic acids is 2. The van der Waals surface area contributed by atoms with Crippen LogP contribution in [0.1, 0.15) is 27.7 Å². The highest BCUT2D eigenvalue weighted by Gasteiger charge is 2.17. The molecule has 0 aliphatic carbocycles. The number of aryl methyl sites for hydroxylation is 1. The number of hydrogen-bond acceptors (Lipinski definition) is 3. The third-order valence-corrected chi connectivity index (χ3v) is 4.42. The molecule has 1 atom stereocenters. The minimum atomic E-state index is -0.874. The van der Waals surface area contributed by atoms with Crippen molar-refractivity contribution < 1.29 is 14.3 Å². The lowest BCUT2D eigenvalue weighted by Gasteiger charge is -2.13. The number of amides is 1. The van der Waals surface area contributed by atoms with Crippen LogP contribution in [0.3, 0.4) is 0 Å². The van der Waals surface area contributed by atoms with Crippen LogP contribution in [0.5, 0.6) is 0 Å². The third-order valence-electron chi connectivity index (χ3n) is 4.42. The number of para-hydroxylation sites is 1. The Morgan fingerprint density at radius 1 is 1.11 bits per heavy atom. The first kappa shape index (κ1) is 18.7. The number of hydrogen-bond donors (Lipinski definition) is 1. The summed E-state index contributed by atoms with van der Waals surface area (Å²) in [5.41, 5.74) is 3.80. The minimum absolute atomic E-state index is 0.357. The van der Waals surface area contributed by atoms with Gasteiger partial charge in [-0.05, 0) is 52.0 Å². The average molecular weight is 364 g/mol. The van der Waals surface area contributed by atoms with Crippen molar-refractivity contribution in [1.82, 2.24) is 4.57 Å². The summed E-state index contributed by atoms with van der Waals surface area (Å²) >= 11 is 0. The van der Waals surface area contributed by atoms with Gasteiger partial charge in [-0.1, -0.05) is 23.8 Å². The van der Waals surface area contributed by atoms with Gasteiger partial charge < -0.3 is 14.6 Å². The second-order valence-corrected chi connectivity index (χ2v) is 6.78. The van der Waals surface area contributed by atoms with Gasteiger partial charge in [0.15, 0.2) is 6.10 Å². The number of rotatable bonds is 5. The Hall–Kier alpha value is -3.08. The van der Waals surface area contributed by atoms with Gasteiger partial charge in [0, 0.05) is 40.1 Å². The van der Waals surface area contributed by atoms with Crippen LogP contribution in [0.25, 0.3) is 21.8 Å². The second-order valence-electron chi connectivity index (χ2n) is 6.78. The summed E-state index contributed by atoms with van der Waals surface area (Å²) in [5, 5.41) is 5.07. The van der Waals surface area contributed by atoms with Crippen LogP contribution in [0.4, 0.5) is 5.69 Å². The van der Waals surface area contributed by atoms with Gasteiger partial charge in [-0.15, -0.1) is 0 Å². The van der Waals surface area contributed by atoms with Crippen LogP contribution in [0.2, 0.25) is 0 Å². The number of anilines is 1. The van der Waals surface area contributed by atoms with Crippen LogP contribution in [-0.4, -0.2) is 22.5 Å². The number of aromatic nitrogens is 1. The molecule has 5 nitrogen and oxygen atoms in total. The van der Waals surface area contributed by atoms with E-state index in [1.165, 1.54) is 11.6 Å². The molecule has 0 bridgehead atoms. The molecule has 1 amide bonds. The highest BCUT2D eigenvalue weighted by atomic mass is 16.5. The van der Waals surface area contributed by atoms with E-state index in [1.807, 2.05) is 30.3 Å². The Morgan fingerprint density at radius 2 is 1.81 bits per heavy atom. The molecule has 0 radical (unpaired) electrons. The standard InChI is InChI=1S/C22H24N2O3/c1-5-24-19-9-7-6-8-17(19)18-13-16(10-11-20(18)24)23-22(26)15(4)27-21(25)12-14(2)3/h6-13,15H,5H2,1-4H3,(H,23,26)/t15-/m1/s1. The van der Waals surface area contributed by atoms with E-state index in [4.69, 9.17) is 4.74 Å². The van der Waals surface area contributed by atoms with Crippen LogP contribution >= 0.6 is 0 Å². The monoisotopic (exact) mass is 364 g/mol. The van der Waals surface area contributed by atoms with Gasteiger partial charge in [-0.25, -0.2) is 4.79 Å². The molecule has 1 heterocycles. The number of allylic oxidation sites excluding steroid dienone is 1. The van der Waals surface area contributed by atoms with Crippen LogP contribution in [0.15, 0.2) is 54.1 Å². The molecule has 2 aromatic carbocycles. The fourth-order valence-electron chi connectivity index (χ4n) is 3.21. The lowest BCUT2D eigenvalue weighted by atomic mass is 10.1. The van der Waals surface area contributed by atoms with Gasteiger partial charge in [0.25, 0.3) is 5.91 Å². The molecule has 5 heteroatoms. The summed E-state index contributed by atoms with van der Waals surface area (Å²) in [5.74, 6) is -0.872. The van der Waals surface area contributed by atoms with E-state index in [1.54, 1.807) is 20.8 Å². The van der Waals surface area contributed by atoms with Crippen LogP contribution in [-0.2, 0) is 20.9 Å². The first-order valence-electron chi connectivity index (χ1n) is 9.08. The predicted molar refractivity (Wildman–Crippen MR) is 109 cm³/mol. The van der Waals surface area contributed by atoms with Gasteiger partial charge in [0.05, 0.1) is 0 Å². The van der Waals surface area contributed by atoms with Crippen LogP contribution in [0, 0.1) is 0 Å². The molecular formula is C22H24N2O3. The fourth-order valence-corrected chi connectivity index (χ4v) is 3.21. The topological polar surface area (TPSA) is 60.3 Å². The number of ether oxygens (including phenoxy) is 1. The van der Waals surface area contributed by atoms with Gasteiger partial charge >= 0.3 is 5.97 Å². The van der Waals surface area contributed by atoms with Crippen molar-refractivity contribution in [3.05, 3.63) is 54.1 Å². The molecule has 0 saturated carbocycles. The summed E-state index contributed by atoms with van der Waals surface area (Å²) in [6.07, 6.45) is 0.496. The van der Waals surface area contributed by atoms with E-state index in [9.17, 15) is 9.59 Å². The minimum Gasteiger partial charge on any atom is -0.449 e. The molecule has 0 fully saturated rings. The van der Waals surface area contributed by atoms with E-state index >= 15 is 0 Å². The Labute approximate surface area is 158 Å². The predicted octanol–water partition coefficient (Wildman–Crippen LogP) is 4.65. The SMILES string of the molecule is CCn1c2ccccc2c2cc(NC(=O)[C@@H](C)OC(=O)C=C(C)C)ccc21. The maximum atomic E-state index is 12.4. The molecule has 0 unspecified atom stereocenters. The molecular weight excluding hydrogens is 340 g/mol. The number of fused-ring (bicyclic) bond motifs is 3. The molecule has 140 valence electrons. The van der Waals surface area contributed by atoms with Gasteiger partial charge in [-0.2, -0.15) is 0 Å². The van der Waals surface area contributed by atoms with Gasteiger partial charge in [0.1, 0.15) is 0 Å². The first-order chi connectivity index (χ1) is 12.9. The zero-order valence-corrected chi connectivity index (χ0v) is 16.1. The largest absolute Gasteiger partial charge is 0.449 e. The summed E-state index contributed by atoms with van der Waals surface area (Å²) < 4.78 is 7.39. The van der Waals surface area contributed by atoms with Crippen molar-refractivity contribution in [2.45, 2.75) is 40.3 Å². The highest BCUT2D eigenvalue weighted by Crippen LogP contribution is 2.31. The molecule has 27 heavy (non-hydrogen) atoms. The van der Waals surface area contributed by atoms with E-state index < -0.39 is 12.1 Å². The highest BCUT2D eigenvalue weighted by molar-refractivity contribution is 6.10. The molecule has 3 rings (SSSR count). The smallest absolute Gasteiger partial charge is 0.331 e. The van der Waals surface area contributed by atoms with Crippen molar-refractivity contribution in [3.63, 3.8) is 0 Å². The molecule has 0 spiro atoms. The zero-order chi connectivity index (χ0) is 19.6. The van der Waals surface area contributed by atoms with E-state index in [0.717, 1.165) is 28.4 Å². The number of esters is 1. The maximum Gasteiger partial charge on any atom is 0.331 e. The summed E-state index contributed by atoms with van der Waals surface area (Å²) in [4.78, 5) is 24.1. The Balaban J connectivity index is 1.85. The number of nitrogens with one attached hydrogen (secondary N) is 1. The van der Waals surface area contributed by atoms with Crippen molar-refractivity contribution in [2.75, 3.05) is 5.32 Å². The number of benzene rings is 2. The summed E-state index contributed by atoms with van der Waals surface area (Å²) in [6.45, 7) is 8.15. The van der Waals surface area contributed by atoms with Crippen molar-refractivity contribution in [3.8, 4) is 0 Å². The lowest BCUT2D eigenvalue weighted by molar-refractivity contribution is -0.148. The van der Waals surface area contributed by atoms with Crippen molar-refractivity contribution in [2.24, 2.45) is 0 Å². The maximum absolute atomic E-state index is 12.4. The molecule has 0 aliphatic heterocycles. The number of nitrogens with zero attached hydrogens (tertiary/aromatic N) is 1. The Bertz CT molecular complexity index is 1040. The van der Waals surface area contributed by atoms with Crippen molar-refractivity contribution >= 4 is 39.4 Å². The molecule has 1 aromatic heterocycles. The number of carbonyl (C=O) groups is 2. The van der Waals surface area contributed by atoms with Gasteiger partial charge in [-0.3, -0.25) is 4.79 Å². The molecule has 1 N–H and O–H groups in total. The van der Waals surface area contributed by atoms with E-state index in [-0.39, 0.29) is 5.91 Å². The lowest BCUT2D eigenvalue weighted by Crippen LogP contribution is -2.29. The molecule has 0 aliphatic rings. The quantitative estimate of drug-likeness (QED) is 0.529. The Kier molecular flexibility index (Phi) is 5.31. The molecule has 3 aromatic rings. The first-order valence-corrected chi connectivity index (χ1v) is 9.08. The van der Waals surface area contributed by atoms with Crippen LogP contribution < -0.4 is 5.32 Å². The van der Waals surface area contributed by atoms with E-state index in [2.05, 4.69) is 28.9 Å².